The number of nitrogens with zero attached hydrogens (tertiary/aromatic N) is 2. The number of benzene rings is 3. The van der Waals surface area contributed by atoms with Gasteiger partial charge >= 0.3 is 0 Å². The third kappa shape index (κ3) is 7.18. The minimum absolute atomic E-state index is 0.155. The minimum Gasteiger partial charge on any atom is -0.493 e. The lowest BCUT2D eigenvalue weighted by atomic mass is 9.86. The number of hydrogen-bond acceptors (Lipinski definition) is 7. The molecule has 0 radical (unpaired) electrons. The largest absolute Gasteiger partial charge is 0.493 e. The zero-order chi connectivity index (χ0) is 33.8. The topological polar surface area (TPSA) is 118 Å². The van der Waals surface area contributed by atoms with Crippen LogP contribution < -0.4 is 20.2 Å². The average Bonchev–Trinajstić information content (AvgIpc) is 3.51. The van der Waals surface area contributed by atoms with Crippen molar-refractivity contribution in [2.45, 2.75) is 50.6 Å². The van der Waals surface area contributed by atoms with E-state index in [0.717, 1.165) is 43.0 Å². The van der Waals surface area contributed by atoms with Crippen molar-refractivity contribution in [2.75, 3.05) is 33.9 Å². The number of fused-ring (bicyclic) bond motifs is 1. The van der Waals surface area contributed by atoms with Gasteiger partial charge in [0.25, 0.3) is 5.91 Å². The third-order valence-corrected chi connectivity index (χ3v) is 9.50. The molecule has 2 aliphatic rings. The number of carbonyl (C=O) groups is 3. The van der Waals surface area contributed by atoms with Gasteiger partial charge in [-0.2, -0.15) is 0 Å². The smallest absolute Gasteiger partial charge is 0.287 e. The number of amides is 3. The predicted octanol–water partition coefficient (Wildman–Crippen LogP) is 5.33. The number of rotatable bonds is 10. The fourth-order valence-electron chi connectivity index (χ4n) is 6.66. The third-order valence-electron chi connectivity index (χ3n) is 9.25. The van der Waals surface area contributed by atoms with Gasteiger partial charge in [-0.15, -0.1) is 0 Å². The van der Waals surface area contributed by atoms with Gasteiger partial charge in [-0.1, -0.05) is 48.0 Å². The van der Waals surface area contributed by atoms with E-state index < -0.39 is 17.4 Å². The van der Waals surface area contributed by atoms with Crippen LogP contribution in [0.2, 0.25) is 5.02 Å². The first-order valence-electron chi connectivity index (χ1n) is 16.1. The molecule has 1 N–H and O–H groups in total. The van der Waals surface area contributed by atoms with E-state index in [2.05, 4.69) is 17.4 Å². The molecular formula is C37H38ClN3O7. The first kappa shape index (κ1) is 33.1. The van der Waals surface area contributed by atoms with Crippen LogP contribution in [-0.4, -0.2) is 67.4 Å². The van der Waals surface area contributed by atoms with Crippen molar-refractivity contribution >= 4 is 40.3 Å². The van der Waals surface area contributed by atoms with Crippen LogP contribution in [-0.2, 0) is 22.6 Å². The van der Waals surface area contributed by atoms with Crippen molar-refractivity contribution in [3.8, 4) is 11.5 Å². The number of likely N-dealkylation sites (tertiary alicyclic amines) is 2. The van der Waals surface area contributed by atoms with E-state index in [9.17, 15) is 19.2 Å². The zero-order valence-corrected chi connectivity index (χ0v) is 27.8. The average molecular weight is 672 g/mol. The van der Waals surface area contributed by atoms with Gasteiger partial charge in [0, 0.05) is 56.2 Å². The van der Waals surface area contributed by atoms with Crippen molar-refractivity contribution in [1.29, 1.82) is 0 Å². The van der Waals surface area contributed by atoms with E-state index in [-0.39, 0.29) is 40.9 Å². The normalized spacial score (nSPS) is 15.9. The standard InChI is InChI=1S/C37H38ClN3O7/c1-46-32-19-28-30(42)20-34(48-31(28)21-33(32)47-2)36(44)39-29(18-23-9-11-26(38)12-10-23)37(45)40-16-13-24(14-17-40)27-7-4-3-6-25(27)22-41-15-5-8-35(41)43/h3-4,6-7,9-12,19-21,24,29H,5,8,13-18,22H2,1-2H3,(H,39,44)/t29-/m0/s1. The monoisotopic (exact) mass is 671 g/mol. The van der Waals surface area contributed by atoms with Crippen LogP contribution in [0.4, 0.5) is 0 Å². The molecule has 0 unspecified atom stereocenters. The summed E-state index contributed by atoms with van der Waals surface area (Å²) in [5, 5.41) is 3.64. The Morgan fingerprint density at radius 3 is 2.35 bits per heavy atom. The first-order valence-corrected chi connectivity index (χ1v) is 16.5. The van der Waals surface area contributed by atoms with Crippen molar-refractivity contribution in [2.24, 2.45) is 0 Å². The Kier molecular flexibility index (Phi) is 10.0. The Bertz CT molecular complexity index is 1880. The highest BCUT2D eigenvalue weighted by atomic mass is 35.5. The zero-order valence-electron chi connectivity index (χ0n) is 27.0. The van der Waals surface area contributed by atoms with E-state index in [0.29, 0.717) is 42.6 Å². The molecule has 0 saturated carbocycles. The fraction of sp³-hybridized carbons (Fsp3) is 0.351. The first-order chi connectivity index (χ1) is 23.2. The van der Waals surface area contributed by atoms with Gasteiger partial charge < -0.3 is 29.0 Å². The summed E-state index contributed by atoms with van der Waals surface area (Å²) in [7, 11) is 2.93. The molecule has 2 fully saturated rings. The Morgan fingerprint density at radius 1 is 0.958 bits per heavy atom. The Labute approximate surface area is 283 Å². The molecule has 0 spiro atoms. The summed E-state index contributed by atoms with van der Waals surface area (Å²) < 4.78 is 16.5. The van der Waals surface area contributed by atoms with E-state index in [1.165, 1.54) is 31.9 Å². The second kappa shape index (κ2) is 14.5. The van der Waals surface area contributed by atoms with Gasteiger partial charge in [-0.25, -0.2) is 0 Å². The van der Waals surface area contributed by atoms with Gasteiger partial charge in [0.15, 0.2) is 22.7 Å². The van der Waals surface area contributed by atoms with Crippen molar-refractivity contribution in [1.82, 2.24) is 15.1 Å². The van der Waals surface area contributed by atoms with E-state index >= 15 is 0 Å². The second-order valence-electron chi connectivity index (χ2n) is 12.3. The van der Waals surface area contributed by atoms with E-state index in [4.69, 9.17) is 25.5 Å². The summed E-state index contributed by atoms with van der Waals surface area (Å²) >= 11 is 6.11. The van der Waals surface area contributed by atoms with Gasteiger partial charge in [0.2, 0.25) is 11.8 Å². The fourth-order valence-corrected chi connectivity index (χ4v) is 6.79. The van der Waals surface area contributed by atoms with Crippen LogP contribution >= 0.6 is 11.6 Å². The van der Waals surface area contributed by atoms with Crippen molar-refractivity contribution < 1.29 is 28.3 Å². The molecule has 1 atom stereocenters. The number of methoxy groups -OCH3 is 2. The summed E-state index contributed by atoms with van der Waals surface area (Å²) in [5.74, 6) is 0.0184. The molecule has 3 amide bonds. The van der Waals surface area contributed by atoms with Gasteiger partial charge in [0.1, 0.15) is 11.6 Å². The van der Waals surface area contributed by atoms with Gasteiger partial charge in [0.05, 0.1) is 19.6 Å². The number of nitrogens with one attached hydrogen (secondary N) is 1. The van der Waals surface area contributed by atoms with Crippen LogP contribution in [0.15, 0.2) is 75.9 Å². The van der Waals surface area contributed by atoms with Crippen LogP contribution in [0.5, 0.6) is 11.5 Å². The lowest BCUT2D eigenvalue weighted by Crippen LogP contribution is -2.51. The highest BCUT2D eigenvalue weighted by Crippen LogP contribution is 2.33. The molecule has 4 aromatic rings. The molecule has 250 valence electrons. The second-order valence-corrected chi connectivity index (χ2v) is 12.7. The van der Waals surface area contributed by atoms with Crippen LogP contribution in [0.25, 0.3) is 11.0 Å². The highest BCUT2D eigenvalue weighted by molar-refractivity contribution is 6.30. The molecule has 10 nitrogen and oxygen atoms in total. The SMILES string of the molecule is COc1cc2oc(C(=O)N[C@@H](Cc3ccc(Cl)cc3)C(=O)N3CCC(c4ccccc4CN4CCCC4=O)CC3)cc(=O)c2cc1OC. The Hall–Kier alpha value is -4.83. The molecule has 11 heteroatoms. The maximum Gasteiger partial charge on any atom is 0.287 e. The molecule has 6 rings (SSSR count). The number of hydrogen-bond donors (Lipinski definition) is 1. The van der Waals surface area contributed by atoms with Gasteiger partial charge in [-0.05, 0) is 60.1 Å². The molecular weight excluding hydrogens is 634 g/mol. The Balaban J connectivity index is 1.20. The number of ether oxygens (including phenoxy) is 2. The highest BCUT2D eigenvalue weighted by Gasteiger charge is 2.32. The number of carbonyl (C=O) groups excluding carboxylic acids is 3. The van der Waals surface area contributed by atoms with Gasteiger partial charge in [-0.3, -0.25) is 19.2 Å². The lowest BCUT2D eigenvalue weighted by Gasteiger charge is -2.35. The molecule has 0 bridgehead atoms. The van der Waals surface area contributed by atoms with Crippen LogP contribution in [0.3, 0.4) is 0 Å². The number of piperidine rings is 1. The van der Waals surface area contributed by atoms with Crippen LogP contribution in [0.1, 0.15) is 58.8 Å². The molecule has 0 aliphatic carbocycles. The molecule has 2 saturated heterocycles. The summed E-state index contributed by atoms with van der Waals surface area (Å²) in [6.45, 7) is 2.42. The van der Waals surface area contributed by atoms with E-state index in [1.807, 2.05) is 29.2 Å². The van der Waals surface area contributed by atoms with E-state index in [1.54, 1.807) is 17.0 Å². The minimum atomic E-state index is -0.921. The quantitative estimate of drug-likeness (QED) is 0.242. The summed E-state index contributed by atoms with van der Waals surface area (Å²) in [6.07, 6.45) is 3.23. The maximum absolute atomic E-state index is 14.1. The summed E-state index contributed by atoms with van der Waals surface area (Å²) in [5.41, 5.74) is 2.91. The predicted molar refractivity (Wildman–Crippen MR) is 182 cm³/mol. The summed E-state index contributed by atoms with van der Waals surface area (Å²) in [4.78, 5) is 56.7. The maximum atomic E-state index is 14.1. The molecule has 2 aliphatic heterocycles. The Morgan fingerprint density at radius 2 is 1.67 bits per heavy atom. The number of halogens is 1. The molecule has 48 heavy (non-hydrogen) atoms. The van der Waals surface area contributed by atoms with Crippen molar-refractivity contribution in [3.63, 3.8) is 0 Å². The van der Waals surface area contributed by atoms with Crippen LogP contribution in [0, 0.1) is 0 Å². The molecule has 1 aromatic heterocycles. The van der Waals surface area contributed by atoms with Crippen molar-refractivity contribution in [3.05, 3.63) is 104 Å². The molecule has 3 heterocycles. The summed E-state index contributed by atoms with van der Waals surface area (Å²) in [6, 6.07) is 18.6. The molecule has 3 aromatic carbocycles. The lowest BCUT2D eigenvalue weighted by molar-refractivity contribution is -0.134.